The van der Waals surface area contributed by atoms with Crippen LogP contribution < -0.4 is 11.5 Å². The summed E-state index contributed by atoms with van der Waals surface area (Å²) >= 11 is 12.0. The van der Waals surface area contributed by atoms with E-state index in [-0.39, 0.29) is 5.95 Å². The number of benzene rings is 2. The van der Waals surface area contributed by atoms with Gasteiger partial charge in [0.2, 0.25) is 5.95 Å². The van der Waals surface area contributed by atoms with E-state index in [0.717, 1.165) is 16.5 Å². The number of hydrogen-bond acceptors (Lipinski definition) is 4. The Hall–Kier alpha value is -2.04. The van der Waals surface area contributed by atoms with Crippen molar-refractivity contribution in [3.63, 3.8) is 0 Å². The highest BCUT2D eigenvalue weighted by atomic mass is 35.5. The van der Waals surface area contributed by atoms with Gasteiger partial charge >= 0.3 is 0 Å². The number of hydrogen-bond donors (Lipinski definition) is 2. The van der Waals surface area contributed by atoms with Crippen LogP contribution in [-0.4, -0.2) is 9.97 Å². The summed E-state index contributed by atoms with van der Waals surface area (Å²) in [5.41, 5.74) is 14.3. The Morgan fingerprint density at radius 2 is 1.70 bits per heavy atom. The van der Waals surface area contributed by atoms with Gasteiger partial charge in [0, 0.05) is 16.0 Å². The van der Waals surface area contributed by atoms with Crippen LogP contribution >= 0.6 is 23.2 Å². The van der Waals surface area contributed by atoms with E-state index in [0.29, 0.717) is 21.4 Å². The lowest BCUT2D eigenvalue weighted by atomic mass is 10.1. The van der Waals surface area contributed by atoms with Crippen LogP contribution in [0.25, 0.3) is 22.2 Å². The van der Waals surface area contributed by atoms with Gasteiger partial charge in [0.15, 0.2) is 0 Å². The Labute approximate surface area is 125 Å². The van der Waals surface area contributed by atoms with Gasteiger partial charge < -0.3 is 11.5 Å². The van der Waals surface area contributed by atoms with Gasteiger partial charge in [-0.05, 0) is 30.3 Å². The molecule has 0 saturated carbocycles. The van der Waals surface area contributed by atoms with Gasteiger partial charge in [0.25, 0.3) is 0 Å². The van der Waals surface area contributed by atoms with Crippen molar-refractivity contribution in [1.29, 1.82) is 0 Å². The Morgan fingerprint density at radius 1 is 0.900 bits per heavy atom. The van der Waals surface area contributed by atoms with E-state index in [2.05, 4.69) is 9.97 Å². The van der Waals surface area contributed by atoms with Gasteiger partial charge in [-0.2, -0.15) is 0 Å². The predicted octanol–water partition coefficient (Wildman–Crippen LogP) is 3.77. The molecule has 0 unspecified atom stereocenters. The summed E-state index contributed by atoms with van der Waals surface area (Å²) in [7, 11) is 0. The highest BCUT2D eigenvalue weighted by molar-refractivity contribution is 6.33. The van der Waals surface area contributed by atoms with E-state index in [4.69, 9.17) is 34.7 Å². The van der Waals surface area contributed by atoms with Gasteiger partial charge in [0.05, 0.1) is 21.9 Å². The van der Waals surface area contributed by atoms with E-state index in [1.165, 1.54) is 0 Å². The second-order valence-corrected chi connectivity index (χ2v) is 5.17. The Kier molecular flexibility index (Phi) is 3.12. The summed E-state index contributed by atoms with van der Waals surface area (Å²) in [6.45, 7) is 0. The first-order valence-electron chi connectivity index (χ1n) is 5.83. The van der Waals surface area contributed by atoms with Crippen molar-refractivity contribution in [2.45, 2.75) is 0 Å². The number of rotatable bonds is 1. The van der Waals surface area contributed by atoms with Crippen molar-refractivity contribution >= 4 is 45.7 Å². The largest absolute Gasteiger partial charge is 0.398 e. The minimum Gasteiger partial charge on any atom is -0.398 e. The standard InChI is InChI=1S/C14H10Cl2N4/c15-8-2-4-12-9(6-8)13(20-14(18)19-12)7-1-3-10(16)11(17)5-7/h1-6H,17H2,(H2,18,19,20). The zero-order chi connectivity index (χ0) is 14.3. The predicted molar refractivity (Wildman–Crippen MR) is 83.8 cm³/mol. The summed E-state index contributed by atoms with van der Waals surface area (Å²) in [6, 6.07) is 10.7. The Balaban J connectivity index is 2.33. The van der Waals surface area contributed by atoms with Crippen LogP contribution in [0.1, 0.15) is 0 Å². The quantitative estimate of drug-likeness (QED) is 0.671. The molecule has 0 saturated heterocycles. The number of nitrogens with zero attached hydrogens (tertiary/aromatic N) is 2. The third-order valence-electron chi connectivity index (χ3n) is 2.94. The average molecular weight is 305 g/mol. The van der Waals surface area contributed by atoms with Crippen LogP contribution in [0, 0.1) is 0 Å². The molecular formula is C14H10Cl2N4. The van der Waals surface area contributed by atoms with Crippen LogP contribution in [0.2, 0.25) is 10.0 Å². The molecule has 0 spiro atoms. The molecule has 1 aromatic heterocycles. The fourth-order valence-electron chi connectivity index (χ4n) is 2.03. The van der Waals surface area contributed by atoms with Gasteiger partial charge in [0.1, 0.15) is 0 Å². The highest BCUT2D eigenvalue weighted by Gasteiger charge is 2.10. The maximum absolute atomic E-state index is 6.04. The summed E-state index contributed by atoms with van der Waals surface area (Å²) < 4.78 is 0. The lowest BCUT2D eigenvalue weighted by Crippen LogP contribution is -1.98. The highest BCUT2D eigenvalue weighted by Crippen LogP contribution is 2.31. The van der Waals surface area contributed by atoms with E-state index in [1.807, 2.05) is 6.07 Å². The van der Waals surface area contributed by atoms with Crippen molar-refractivity contribution in [1.82, 2.24) is 9.97 Å². The molecule has 0 radical (unpaired) electrons. The summed E-state index contributed by atoms with van der Waals surface area (Å²) in [5.74, 6) is 0.198. The fourth-order valence-corrected chi connectivity index (χ4v) is 2.32. The first kappa shape index (κ1) is 13.0. The second kappa shape index (κ2) is 4.81. The molecule has 6 heteroatoms. The molecule has 1 heterocycles. The SMILES string of the molecule is Nc1nc(-c2ccc(Cl)c(N)c2)c2cc(Cl)ccc2n1. The Morgan fingerprint density at radius 3 is 2.45 bits per heavy atom. The first-order valence-corrected chi connectivity index (χ1v) is 6.58. The number of nitrogens with two attached hydrogens (primary N) is 2. The van der Waals surface area contributed by atoms with Gasteiger partial charge in [-0.1, -0.05) is 29.3 Å². The molecule has 0 aliphatic heterocycles. The molecule has 0 fully saturated rings. The maximum atomic E-state index is 6.04. The van der Waals surface area contributed by atoms with Crippen molar-refractivity contribution < 1.29 is 0 Å². The van der Waals surface area contributed by atoms with Gasteiger partial charge in [-0.15, -0.1) is 0 Å². The zero-order valence-electron chi connectivity index (χ0n) is 10.3. The molecule has 0 bridgehead atoms. The third kappa shape index (κ3) is 2.24. The molecule has 0 amide bonds. The molecule has 2 aromatic carbocycles. The van der Waals surface area contributed by atoms with Crippen LogP contribution in [0.4, 0.5) is 11.6 Å². The Bertz CT molecular complexity index is 818. The minimum atomic E-state index is 0.198. The van der Waals surface area contributed by atoms with E-state index in [9.17, 15) is 0 Å². The molecule has 3 aromatic rings. The van der Waals surface area contributed by atoms with Crippen molar-refractivity contribution in [3.05, 3.63) is 46.4 Å². The third-order valence-corrected chi connectivity index (χ3v) is 3.52. The van der Waals surface area contributed by atoms with E-state index >= 15 is 0 Å². The van der Waals surface area contributed by atoms with E-state index < -0.39 is 0 Å². The summed E-state index contributed by atoms with van der Waals surface area (Å²) in [5, 5.41) is 1.92. The number of anilines is 2. The number of fused-ring (bicyclic) bond motifs is 1. The normalized spacial score (nSPS) is 10.9. The van der Waals surface area contributed by atoms with Crippen molar-refractivity contribution in [2.75, 3.05) is 11.5 Å². The van der Waals surface area contributed by atoms with Crippen molar-refractivity contribution in [3.8, 4) is 11.3 Å². The molecule has 0 atom stereocenters. The topological polar surface area (TPSA) is 77.8 Å². The van der Waals surface area contributed by atoms with Crippen LogP contribution in [0.5, 0.6) is 0 Å². The second-order valence-electron chi connectivity index (χ2n) is 4.33. The summed E-state index contributed by atoms with van der Waals surface area (Å²) in [4.78, 5) is 8.49. The minimum absolute atomic E-state index is 0.198. The molecule has 0 aliphatic rings. The monoisotopic (exact) mass is 304 g/mol. The molecule has 0 aliphatic carbocycles. The maximum Gasteiger partial charge on any atom is 0.221 e. The zero-order valence-corrected chi connectivity index (χ0v) is 11.8. The molecule has 4 nitrogen and oxygen atoms in total. The average Bonchev–Trinajstić information content (AvgIpc) is 2.41. The smallest absolute Gasteiger partial charge is 0.221 e. The lowest BCUT2D eigenvalue weighted by Gasteiger charge is -2.08. The molecule has 20 heavy (non-hydrogen) atoms. The molecule has 3 rings (SSSR count). The molecule has 100 valence electrons. The number of aromatic nitrogens is 2. The molecular weight excluding hydrogens is 295 g/mol. The molecule has 4 N–H and O–H groups in total. The van der Waals surface area contributed by atoms with Crippen LogP contribution in [-0.2, 0) is 0 Å². The fraction of sp³-hybridized carbons (Fsp3) is 0. The van der Waals surface area contributed by atoms with Gasteiger partial charge in [-0.25, -0.2) is 9.97 Å². The number of nitrogen functional groups attached to an aromatic ring is 2. The van der Waals surface area contributed by atoms with Crippen LogP contribution in [0.15, 0.2) is 36.4 Å². The summed E-state index contributed by atoms with van der Waals surface area (Å²) in [6.07, 6.45) is 0. The number of halogens is 2. The van der Waals surface area contributed by atoms with Gasteiger partial charge in [-0.3, -0.25) is 0 Å². The van der Waals surface area contributed by atoms with Crippen LogP contribution in [0.3, 0.4) is 0 Å². The van der Waals surface area contributed by atoms with Crippen molar-refractivity contribution in [2.24, 2.45) is 0 Å². The first-order chi connectivity index (χ1) is 9.54. The lowest BCUT2D eigenvalue weighted by molar-refractivity contribution is 1.24. The van der Waals surface area contributed by atoms with E-state index in [1.54, 1.807) is 30.3 Å².